The first kappa shape index (κ1) is 26.1. The van der Waals surface area contributed by atoms with Crippen molar-refractivity contribution in [3.8, 4) is 0 Å². The molecule has 1 atom stereocenters. The van der Waals surface area contributed by atoms with E-state index in [9.17, 15) is 14.0 Å². The lowest BCUT2D eigenvalue weighted by molar-refractivity contribution is -0.137. The van der Waals surface area contributed by atoms with E-state index in [0.717, 1.165) is 12.0 Å². The number of carbonyl (C=O) groups excluding carboxylic acids is 1. The van der Waals surface area contributed by atoms with E-state index in [-0.39, 0.29) is 18.1 Å². The smallest absolute Gasteiger partial charge is 0.303 e. The maximum absolute atomic E-state index is 13.9. The number of halogens is 1. The molecule has 0 saturated carbocycles. The van der Waals surface area contributed by atoms with Gasteiger partial charge in [-0.1, -0.05) is 25.2 Å². The van der Waals surface area contributed by atoms with E-state index in [1.807, 2.05) is 12.2 Å². The third-order valence-electron chi connectivity index (χ3n) is 4.20. The van der Waals surface area contributed by atoms with Crippen molar-refractivity contribution in [3.63, 3.8) is 0 Å². The number of hydrogen-bond acceptors (Lipinski definition) is 3. The van der Waals surface area contributed by atoms with Crippen molar-refractivity contribution in [3.05, 3.63) is 73.6 Å². The molecule has 0 bridgehead atoms. The average Bonchev–Trinajstić information content (AvgIpc) is 3.15. The molecule has 2 N–H and O–H groups in total. The Bertz CT molecular complexity index is 753. The van der Waals surface area contributed by atoms with Crippen molar-refractivity contribution in [2.75, 3.05) is 11.9 Å². The molecule has 1 aromatic rings. The van der Waals surface area contributed by atoms with Crippen LogP contribution in [-0.4, -0.2) is 23.4 Å². The minimum atomic E-state index is -0.846. The molecule has 4 nitrogen and oxygen atoms in total. The van der Waals surface area contributed by atoms with Gasteiger partial charge in [-0.15, -0.1) is 26.3 Å². The Kier molecular flexibility index (Phi) is 12.7. The van der Waals surface area contributed by atoms with Crippen LogP contribution < -0.4 is 5.32 Å². The van der Waals surface area contributed by atoms with Crippen molar-refractivity contribution < 1.29 is 19.1 Å². The summed E-state index contributed by atoms with van der Waals surface area (Å²) in [6.07, 6.45) is 7.95. The lowest BCUT2D eigenvalue weighted by Crippen LogP contribution is -2.08. The summed E-state index contributed by atoms with van der Waals surface area (Å²) < 4.78 is 13.9. The van der Waals surface area contributed by atoms with Crippen LogP contribution in [0.1, 0.15) is 55.5 Å². The van der Waals surface area contributed by atoms with Crippen molar-refractivity contribution in [1.82, 2.24) is 0 Å². The molecule has 0 fully saturated rings. The highest BCUT2D eigenvalue weighted by Gasteiger charge is 2.23. The number of allylic oxidation sites excluding steroid dienone is 3. The van der Waals surface area contributed by atoms with Crippen LogP contribution in [0, 0.1) is 11.7 Å². The van der Waals surface area contributed by atoms with Crippen LogP contribution in [0.3, 0.4) is 0 Å². The molecular formula is C24H32FNO3. The second-order valence-corrected chi connectivity index (χ2v) is 6.39. The van der Waals surface area contributed by atoms with Crippen molar-refractivity contribution in [1.29, 1.82) is 0 Å². The molecule has 0 aliphatic heterocycles. The zero-order valence-corrected chi connectivity index (χ0v) is 17.5. The van der Waals surface area contributed by atoms with Crippen LogP contribution in [0.4, 0.5) is 10.1 Å². The minimum Gasteiger partial charge on any atom is -0.481 e. The van der Waals surface area contributed by atoms with E-state index >= 15 is 0 Å². The molecule has 5 heteroatoms. The van der Waals surface area contributed by atoms with Gasteiger partial charge in [-0.2, -0.15) is 0 Å². The number of aliphatic carboxylic acids is 1. The largest absolute Gasteiger partial charge is 0.481 e. The monoisotopic (exact) mass is 401 g/mol. The van der Waals surface area contributed by atoms with E-state index in [1.165, 1.54) is 19.1 Å². The Labute approximate surface area is 173 Å². The van der Waals surface area contributed by atoms with Crippen LogP contribution in [-0.2, 0) is 4.79 Å². The van der Waals surface area contributed by atoms with Gasteiger partial charge in [0.25, 0.3) is 0 Å². The number of carboxylic acid groups (broad SMARTS) is 1. The molecule has 2 rings (SSSR count). The molecule has 1 aromatic carbocycles. The molecule has 0 saturated heterocycles. The van der Waals surface area contributed by atoms with E-state index < -0.39 is 11.8 Å². The van der Waals surface area contributed by atoms with Crippen LogP contribution in [0.2, 0.25) is 0 Å². The van der Waals surface area contributed by atoms with Gasteiger partial charge in [0.1, 0.15) is 5.82 Å². The summed E-state index contributed by atoms with van der Waals surface area (Å²) in [5, 5.41) is 12.0. The van der Waals surface area contributed by atoms with E-state index in [2.05, 4.69) is 38.6 Å². The number of carbonyl (C=O) groups is 2. The second-order valence-electron chi connectivity index (χ2n) is 6.39. The molecule has 0 radical (unpaired) electrons. The Hall–Kier alpha value is -2.95. The molecule has 0 heterocycles. The standard InChI is InChI=1S/C18H20FNO3.C4H8.C2H4/c1-3-6-20-18-15(11(2)21)9-14(19)10-16(18)13-5-4-12(7-13)8-17(22)23;1-3-4-2;1-2/h3,7,9-10,12,20H,1,4-6,8H2,2H3,(H,22,23);3H,1,4H2,2H3;1-2H2/t12-;;/m0../s1. The van der Waals surface area contributed by atoms with Crippen molar-refractivity contribution in [2.24, 2.45) is 5.92 Å². The van der Waals surface area contributed by atoms with E-state index in [1.54, 1.807) is 6.08 Å². The average molecular weight is 402 g/mol. The molecule has 1 aliphatic rings. The fraction of sp³-hybridized carbons (Fsp3) is 0.333. The lowest BCUT2D eigenvalue weighted by atomic mass is 9.97. The SMILES string of the molecule is C=C.C=CCC.C=CCNc1c(C(C)=O)cc(F)cc1C1=C[C@@H](CC(=O)O)CC1. The lowest BCUT2D eigenvalue weighted by Gasteiger charge is -2.16. The van der Waals surface area contributed by atoms with Gasteiger partial charge in [0.15, 0.2) is 5.78 Å². The number of anilines is 1. The Balaban J connectivity index is 0.00000116. The first-order valence-corrected chi connectivity index (χ1v) is 9.56. The highest BCUT2D eigenvalue weighted by molar-refractivity contribution is 6.02. The molecule has 0 aromatic heterocycles. The third-order valence-corrected chi connectivity index (χ3v) is 4.20. The maximum atomic E-state index is 13.9. The van der Waals surface area contributed by atoms with E-state index in [0.29, 0.717) is 36.2 Å². The normalized spacial score (nSPS) is 14.3. The summed E-state index contributed by atoms with van der Waals surface area (Å²) in [6.45, 7) is 17.0. The van der Waals surface area contributed by atoms with Gasteiger partial charge in [0.05, 0.1) is 12.1 Å². The quantitative estimate of drug-likeness (QED) is 0.397. The van der Waals surface area contributed by atoms with Crippen LogP contribution in [0.5, 0.6) is 0 Å². The number of nitrogens with one attached hydrogen (secondary N) is 1. The van der Waals surface area contributed by atoms with Gasteiger partial charge >= 0.3 is 5.97 Å². The first-order chi connectivity index (χ1) is 13.8. The van der Waals surface area contributed by atoms with Gasteiger partial charge in [0, 0.05) is 17.7 Å². The van der Waals surface area contributed by atoms with Crippen molar-refractivity contribution in [2.45, 2.75) is 39.5 Å². The van der Waals surface area contributed by atoms with Crippen LogP contribution in [0.15, 0.2) is 56.7 Å². The predicted molar refractivity (Wildman–Crippen MR) is 120 cm³/mol. The number of Topliss-reactive ketones (excluding diaryl/α,β-unsaturated/α-hetero) is 1. The number of benzene rings is 1. The molecule has 158 valence electrons. The molecule has 0 amide bonds. The Morgan fingerprint density at radius 3 is 2.38 bits per heavy atom. The topological polar surface area (TPSA) is 66.4 Å². The summed E-state index contributed by atoms with van der Waals surface area (Å²) in [5.41, 5.74) is 2.39. The zero-order chi connectivity index (χ0) is 22.4. The summed E-state index contributed by atoms with van der Waals surface area (Å²) in [6, 6.07) is 2.62. The van der Waals surface area contributed by atoms with Crippen LogP contribution >= 0.6 is 0 Å². The number of hydrogen-bond donors (Lipinski definition) is 2. The number of carboxylic acids is 1. The number of ketones is 1. The van der Waals surface area contributed by atoms with Gasteiger partial charge < -0.3 is 10.4 Å². The number of rotatable bonds is 8. The van der Waals surface area contributed by atoms with E-state index in [4.69, 9.17) is 5.11 Å². The maximum Gasteiger partial charge on any atom is 0.303 e. The minimum absolute atomic E-state index is 0.0567. The van der Waals surface area contributed by atoms with Gasteiger partial charge in [0.2, 0.25) is 0 Å². The molecule has 0 unspecified atom stereocenters. The summed E-state index contributed by atoms with van der Waals surface area (Å²) in [5.74, 6) is -1.60. The zero-order valence-electron chi connectivity index (χ0n) is 17.5. The summed E-state index contributed by atoms with van der Waals surface area (Å²) in [4.78, 5) is 22.7. The van der Waals surface area contributed by atoms with Gasteiger partial charge in [-0.3, -0.25) is 9.59 Å². The fourth-order valence-corrected chi connectivity index (χ4v) is 2.90. The van der Waals surface area contributed by atoms with Gasteiger partial charge in [-0.25, -0.2) is 4.39 Å². The fourth-order valence-electron chi connectivity index (χ4n) is 2.90. The second kappa shape index (κ2) is 14.1. The van der Waals surface area contributed by atoms with Gasteiger partial charge in [-0.05, 0) is 49.8 Å². The van der Waals surface area contributed by atoms with Crippen molar-refractivity contribution >= 4 is 23.0 Å². The Morgan fingerprint density at radius 1 is 1.28 bits per heavy atom. The highest BCUT2D eigenvalue weighted by atomic mass is 19.1. The third kappa shape index (κ3) is 8.73. The molecule has 1 aliphatic carbocycles. The van der Waals surface area contributed by atoms with Crippen LogP contribution in [0.25, 0.3) is 5.57 Å². The Morgan fingerprint density at radius 2 is 1.90 bits per heavy atom. The molecule has 0 spiro atoms. The first-order valence-electron chi connectivity index (χ1n) is 9.56. The summed E-state index contributed by atoms with van der Waals surface area (Å²) in [7, 11) is 0. The predicted octanol–water partition coefficient (Wildman–Crippen LogP) is 6.28. The molecule has 29 heavy (non-hydrogen) atoms. The summed E-state index contributed by atoms with van der Waals surface area (Å²) >= 11 is 0. The molecular weight excluding hydrogens is 369 g/mol. The highest BCUT2D eigenvalue weighted by Crippen LogP contribution is 2.38.